The molecule has 1 N–H and O–H groups in total. The molecule has 1 rings (SSSR count). The second kappa shape index (κ2) is 6.85. The van der Waals surface area contributed by atoms with Crippen LogP contribution in [0.3, 0.4) is 0 Å². The lowest BCUT2D eigenvalue weighted by Gasteiger charge is -2.09. The molecule has 3 heteroatoms. The Morgan fingerprint density at radius 1 is 1.33 bits per heavy atom. The Morgan fingerprint density at radius 2 is 2.13 bits per heavy atom. The van der Waals surface area contributed by atoms with Crippen LogP contribution in [0.25, 0.3) is 0 Å². The first kappa shape index (κ1) is 12.5. The van der Waals surface area contributed by atoms with Crippen molar-refractivity contribution >= 4 is 15.9 Å². The highest BCUT2D eigenvalue weighted by Crippen LogP contribution is 2.21. The van der Waals surface area contributed by atoms with Crippen LogP contribution in [-0.4, -0.2) is 19.7 Å². The molecule has 0 atom stereocenters. The zero-order valence-corrected chi connectivity index (χ0v) is 10.9. The third-order valence-electron chi connectivity index (χ3n) is 2.10. The minimum atomic E-state index is 0.725. The SMILES string of the molecule is CCCNCCOc1ccc(Br)cc1C. The molecule has 0 unspecified atom stereocenters. The lowest BCUT2D eigenvalue weighted by atomic mass is 10.2. The Balaban J connectivity index is 2.31. The van der Waals surface area contributed by atoms with Crippen LogP contribution >= 0.6 is 15.9 Å². The number of nitrogens with one attached hydrogen (secondary N) is 1. The number of rotatable bonds is 6. The van der Waals surface area contributed by atoms with Crippen molar-refractivity contribution in [2.45, 2.75) is 20.3 Å². The van der Waals surface area contributed by atoms with Crippen molar-refractivity contribution in [3.8, 4) is 5.75 Å². The standard InChI is InChI=1S/C12H18BrNO/c1-3-6-14-7-8-15-12-5-4-11(13)9-10(12)2/h4-5,9,14H,3,6-8H2,1-2H3. The van der Waals surface area contributed by atoms with Gasteiger partial charge in [-0.05, 0) is 43.7 Å². The van der Waals surface area contributed by atoms with Gasteiger partial charge < -0.3 is 10.1 Å². The summed E-state index contributed by atoms with van der Waals surface area (Å²) in [6, 6.07) is 6.07. The highest BCUT2D eigenvalue weighted by molar-refractivity contribution is 9.10. The van der Waals surface area contributed by atoms with E-state index in [0.717, 1.165) is 36.3 Å². The predicted molar refractivity (Wildman–Crippen MR) is 67.5 cm³/mol. The van der Waals surface area contributed by atoms with Crippen LogP contribution in [0, 0.1) is 6.92 Å². The normalized spacial score (nSPS) is 10.3. The maximum atomic E-state index is 5.66. The van der Waals surface area contributed by atoms with Crippen molar-refractivity contribution in [2.24, 2.45) is 0 Å². The first-order valence-corrected chi connectivity index (χ1v) is 6.13. The Morgan fingerprint density at radius 3 is 2.80 bits per heavy atom. The zero-order chi connectivity index (χ0) is 11.1. The van der Waals surface area contributed by atoms with Gasteiger partial charge in [-0.3, -0.25) is 0 Å². The summed E-state index contributed by atoms with van der Waals surface area (Å²) in [6.45, 7) is 6.90. The molecule has 15 heavy (non-hydrogen) atoms. The van der Waals surface area contributed by atoms with Gasteiger partial charge in [-0.25, -0.2) is 0 Å². The predicted octanol–water partition coefficient (Wildman–Crippen LogP) is 3.14. The average Bonchev–Trinajstić information content (AvgIpc) is 2.20. The Bertz CT molecular complexity index is 302. The van der Waals surface area contributed by atoms with E-state index in [0.29, 0.717) is 0 Å². The van der Waals surface area contributed by atoms with Crippen molar-refractivity contribution < 1.29 is 4.74 Å². The van der Waals surface area contributed by atoms with E-state index < -0.39 is 0 Å². The summed E-state index contributed by atoms with van der Waals surface area (Å²) >= 11 is 3.43. The molecular formula is C12H18BrNO. The fourth-order valence-electron chi connectivity index (χ4n) is 1.31. The van der Waals surface area contributed by atoms with E-state index in [4.69, 9.17) is 4.74 Å². The summed E-state index contributed by atoms with van der Waals surface area (Å²) in [7, 11) is 0. The van der Waals surface area contributed by atoms with Gasteiger partial charge in [0.25, 0.3) is 0 Å². The average molecular weight is 272 g/mol. The van der Waals surface area contributed by atoms with Gasteiger partial charge >= 0.3 is 0 Å². The van der Waals surface area contributed by atoms with E-state index in [1.54, 1.807) is 0 Å². The van der Waals surface area contributed by atoms with Gasteiger partial charge in [0.2, 0.25) is 0 Å². The molecular weight excluding hydrogens is 254 g/mol. The maximum Gasteiger partial charge on any atom is 0.122 e. The van der Waals surface area contributed by atoms with Crippen LogP contribution in [0.15, 0.2) is 22.7 Å². The summed E-state index contributed by atoms with van der Waals surface area (Å²) in [4.78, 5) is 0. The van der Waals surface area contributed by atoms with Crippen molar-refractivity contribution in [2.75, 3.05) is 19.7 Å². The maximum absolute atomic E-state index is 5.66. The van der Waals surface area contributed by atoms with Crippen LogP contribution in [0.2, 0.25) is 0 Å². The van der Waals surface area contributed by atoms with Crippen LogP contribution in [0.5, 0.6) is 5.75 Å². The molecule has 0 bridgehead atoms. The van der Waals surface area contributed by atoms with Crippen LogP contribution in [0.1, 0.15) is 18.9 Å². The summed E-state index contributed by atoms with van der Waals surface area (Å²) in [5, 5.41) is 3.30. The van der Waals surface area contributed by atoms with E-state index in [-0.39, 0.29) is 0 Å². The Kier molecular flexibility index (Phi) is 5.73. The molecule has 0 saturated heterocycles. The molecule has 0 fully saturated rings. The highest BCUT2D eigenvalue weighted by Gasteiger charge is 1.99. The fraction of sp³-hybridized carbons (Fsp3) is 0.500. The molecule has 0 saturated carbocycles. The second-order valence-electron chi connectivity index (χ2n) is 3.51. The minimum absolute atomic E-state index is 0.725. The largest absolute Gasteiger partial charge is 0.492 e. The molecule has 1 aromatic carbocycles. The molecule has 0 aliphatic heterocycles. The molecule has 84 valence electrons. The van der Waals surface area contributed by atoms with Crippen molar-refractivity contribution in [3.05, 3.63) is 28.2 Å². The summed E-state index contributed by atoms with van der Waals surface area (Å²) in [6.07, 6.45) is 1.16. The van der Waals surface area contributed by atoms with Crippen molar-refractivity contribution in [3.63, 3.8) is 0 Å². The molecule has 0 aromatic heterocycles. The van der Waals surface area contributed by atoms with E-state index in [1.165, 1.54) is 5.56 Å². The third-order valence-corrected chi connectivity index (χ3v) is 2.59. The Hall–Kier alpha value is -0.540. The van der Waals surface area contributed by atoms with Gasteiger partial charge in [0.05, 0.1) is 0 Å². The van der Waals surface area contributed by atoms with E-state index >= 15 is 0 Å². The first-order valence-electron chi connectivity index (χ1n) is 5.33. The van der Waals surface area contributed by atoms with Gasteiger partial charge in [-0.2, -0.15) is 0 Å². The zero-order valence-electron chi connectivity index (χ0n) is 9.35. The monoisotopic (exact) mass is 271 g/mol. The van der Waals surface area contributed by atoms with E-state index in [2.05, 4.69) is 41.2 Å². The van der Waals surface area contributed by atoms with Gasteiger partial charge in [0.1, 0.15) is 12.4 Å². The Labute approximate surface area is 100 Å². The minimum Gasteiger partial charge on any atom is -0.492 e. The van der Waals surface area contributed by atoms with E-state index in [9.17, 15) is 0 Å². The topological polar surface area (TPSA) is 21.3 Å². The molecule has 1 aromatic rings. The molecule has 0 radical (unpaired) electrons. The molecule has 2 nitrogen and oxygen atoms in total. The molecule has 0 aliphatic rings. The smallest absolute Gasteiger partial charge is 0.122 e. The van der Waals surface area contributed by atoms with Crippen LogP contribution in [-0.2, 0) is 0 Å². The van der Waals surface area contributed by atoms with Crippen LogP contribution in [0.4, 0.5) is 0 Å². The first-order chi connectivity index (χ1) is 7.24. The van der Waals surface area contributed by atoms with E-state index in [1.807, 2.05) is 12.1 Å². The van der Waals surface area contributed by atoms with Crippen molar-refractivity contribution in [1.29, 1.82) is 0 Å². The summed E-state index contributed by atoms with van der Waals surface area (Å²) in [5.41, 5.74) is 1.17. The number of ether oxygens (including phenoxy) is 1. The molecule has 0 amide bonds. The van der Waals surface area contributed by atoms with Crippen LogP contribution < -0.4 is 10.1 Å². The fourth-order valence-corrected chi connectivity index (χ4v) is 1.79. The van der Waals surface area contributed by atoms with Gasteiger partial charge in [-0.15, -0.1) is 0 Å². The summed E-state index contributed by atoms with van der Waals surface area (Å²) in [5.74, 6) is 0.969. The number of hydrogen-bond donors (Lipinski definition) is 1. The molecule has 0 aliphatic carbocycles. The van der Waals surface area contributed by atoms with Gasteiger partial charge in [0, 0.05) is 11.0 Å². The second-order valence-corrected chi connectivity index (χ2v) is 4.42. The number of halogens is 1. The third kappa shape index (κ3) is 4.67. The lowest BCUT2D eigenvalue weighted by Crippen LogP contribution is -2.21. The van der Waals surface area contributed by atoms with Gasteiger partial charge in [-0.1, -0.05) is 22.9 Å². The lowest BCUT2D eigenvalue weighted by molar-refractivity contribution is 0.312. The molecule has 0 spiro atoms. The van der Waals surface area contributed by atoms with Gasteiger partial charge in [0.15, 0.2) is 0 Å². The van der Waals surface area contributed by atoms with Crippen molar-refractivity contribution in [1.82, 2.24) is 5.32 Å². The number of aryl methyl sites for hydroxylation is 1. The number of benzene rings is 1. The summed E-state index contributed by atoms with van der Waals surface area (Å²) < 4.78 is 6.75. The number of hydrogen-bond acceptors (Lipinski definition) is 2. The quantitative estimate of drug-likeness (QED) is 0.803. The highest BCUT2D eigenvalue weighted by atomic mass is 79.9. The molecule has 0 heterocycles.